The van der Waals surface area contributed by atoms with E-state index >= 15 is 0 Å². The van der Waals surface area contributed by atoms with Crippen LogP contribution in [0.2, 0.25) is 0 Å². The molecule has 1 aromatic rings. The van der Waals surface area contributed by atoms with E-state index in [1.165, 1.54) is 6.92 Å². The molecule has 0 aliphatic carbocycles. The third kappa shape index (κ3) is 4.04. The molecule has 9 heteroatoms. The maximum atomic E-state index is 12.9. The number of halogens is 5. The molecule has 0 aromatic carbocycles. The Labute approximate surface area is 104 Å². The molecular weight excluding hydrogens is 277 g/mol. The van der Waals surface area contributed by atoms with Gasteiger partial charge in [0.2, 0.25) is 11.8 Å². The first-order valence-electron chi connectivity index (χ1n) is 4.96. The molecule has 0 saturated heterocycles. The Kier molecular flexibility index (Phi) is 4.62. The zero-order valence-corrected chi connectivity index (χ0v) is 9.55. The zero-order valence-electron chi connectivity index (χ0n) is 9.55. The van der Waals surface area contributed by atoms with Gasteiger partial charge in [-0.1, -0.05) is 0 Å². The van der Waals surface area contributed by atoms with Gasteiger partial charge in [-0.15, -0.1) is 13.2 Å². The number of alkyl halides is 4. The van der Waals surface area contributed by atoms with Crippen molar-refractivity contribution in [2.75, 3.05) is 6.61 Å². The number of esters is 1. The predicted molar refractivity (Wildman–Crippen MR) is 51.6 cm³/mol. The monoisotopic (exact) mass is 285 g/mol. The fourth-order valence-corrected chi connectivity index (χ4v) is 1.25. The van der Waals surface area contributed by atoms with Gasteiger partial charge in [0.15, 0.2) is 0 Å². The number of pyridine rings is 1. The smallest absolute Gasteiger partial charge is 0.462 e. The van der Waals surface area contributed by atoms with Crippen molar-refractivity contribution >= 4 is 5.97 Å². The number of aromatic nitrogens is 1. The van der Waals surface area contributed by atoms with E-state index in [9.17, 15) is 26.7 Å². The maximum Gasteiger partial charge on any atom is 0.574 e. The molecule has 0 bridgehead atoms. The first-order chi connectivity index (χ1) is 8.78. The van der Waals surface area contributed by atoms with E-state index < -0.39 is 42.0 Å². The molecule has 0 N–H and O–H groups in total. The summed E-state index contributed by atoms with van der Waals surface area (Å²) in [5.41, 5.74) is -1.52. The van der Waals surface area contributed by atoms with Gasteiger partial charge in [0.25, 0.3) is 0 Å². The van der Waals surface area contributed by atoms with Gasteiger partial charge in [-0.05, 0) is 6.92 Å². The van der Waals surface area contributed by atoms with Crippen LogP contribution in [0.25, 0.3) is 0 Å². The summed E-state index contributed by atoms with van der Waals surface area (Å²) >= 11 is 0. The van der Waals surface area contributed by atoms with Crippen LogP contribution in [0.3, 0.4) is 0 Å². The van der Waals surface area contributed by atoms with Gasteiger partial charge in [-0.25, -0.2) is 9.18 Å². The molecule has 0 saturated carbocycles. The van der Waals surface area contributed by atoms with Crippen LogP contribution in [0.1, 0.15) is 22.8 Å². The molecule has 106 valence electrons. The van der Waals surface area contributed by atoms with Crippen molar-refractivity contribution in [3.05, 3.63) is 23.1 Å². The molecule has 4 nitrogen and oxygen atoms in total. The van der Waals surface area contributed by atoms with Crippen molar-refractivity contribution in [3.8, 4) is 5.88 Å². The molecule has 1 heterocycles. The average Bonchev–Trinajstić information content (AvgIpc) is 2.25. The minimum atomic E-state index is -5.20. The van der Waals surface area contributed by atoms with E-state index in [-0.39, 0.29) is 6.61 Å². The fourth-order valence-electron chi connectivity index (χ4n) is 1.25. The van der Waals surface area contributed by atoms with Crippen molar-refractivity contribution in [2.24, 2.45) is 0 Å². The van der Waals surface area contributed by atoms with Crippen LogP contribution in [-0.2, 0) is 11.4 Å². The molecule has 0 amide bonds. The summed E-state index contributed by atoms with van der Waals surface area (Å²) in [5.74, 6) is -4.06. The summed E-state index contributed by atoms with van der Waals surface area (Å²) in [7, 11) is 0. The second-order valence-electron chi connectivity index (χ2n) is 3.19. The highest BCUT2D eigenvalue weighted by Crippen LogP contribution is 2.28. The summed E-state index contributed by atoms with van der Waals surface area (Å²) in [4.78, 5) is 14.2. The number of rotatable bonds is 4. The molecule has 0 fully saturated rings. The molecule has 0 spiro atoms. The molecule has 0 atom stereocenters. The van der Waals surface area contributed by atoms with Gasteiger partial charge in [-0.2, -0.15) is 9.37 Å². The Hall–Kier alpha value is -1.93. The molecule has 0 aliphatic heterocycles. The molecule has 0 radical (unpaired) electrons. The Morgan fingerprint density at radius 2 is 2.05 bits per heavy atom. The lowest BCUT2D eigenvalue weighted by Gasteiger charge is -2.13. The van der Waals surface area contributed by atoms with Crippen molar-refractivity contribution < 1.29 is 36.2 Å². The van der Waals surface area contributed by atoms with Crippen LogP contribution < -0.4 is 4.74 Å². The highest BCUT2D eigenvalue weighted by Gasteiger charge is 2.35. The first kappa shape index (κ1) is 15.1. The van der Waals surface area contributed by atoms with E-state index in [0.29, 0.717) is 6.07 Å². The van der Waals surface area contributed by atoms with Crippen LogP contribution in [0.4, 0.5) is 22.0 Å². The largest absolute Gasteiger partial charge is 0.574 e. The van der Waals surface area contributed by atoms with Crippen molar-refractivity contribution in [3.63, 3.8) is 0 Å². The fraction of sp³-hybridized carbons (Fsp3) is 0.400. The third-order valence-electron chi connectivity index (χ3n) is 1.87. The van der Waals surface area contributed by atoms with Gasteiger partial charge < -0.3 is 9.47 Å². The van der Waals surface area contributed by atoms with Crippen LogP contribution in [0, 0.1) is 5.95 Å². The summed E-state index contributed by atoms with van der Waals surface area (Å²) in [6.45, 7) is -0.135. The van der Waals surface area contributed by atoms with Gasteiger partial charge in [0.1, 0.15) is 12.2 Å². The lowest BCUT2D eigenvalue weighted by Crippen LogP contribution is -2.22. The van der Waals surface area contributed by atoms with E-state index in [1.807, 2.05) is 0 Å². The first-order valence-corrected chi connectivity index (χ1v) is 4.96. The van der Waals surface area contributed by atoms with Gasteiger partial charge >= 0.3 is 12.3 Å². The van der Waals surface area contributed by atoms with Gasteiger partial charge in [0.05, 0.1) is 6.61 Å². The minimum absolute atomic E-state index is 0.159. The average molecular weight is 285 g/mol. The van der Waals surface area contributed by atoms with Crippen LogP contribution in [0.15, 0.2) is 6.07 Å². The van der Waals surface area contributed by atoms with E-state index in [0.717, 1.165) is 0 Å². The number of ether oxygens (including phenoxy) is 2. The Bertz CT molecular complexity index is 475. The molecule has 1 aromatic heterocycles. The number of hydrogen-bond acceptors (Lipinski definition) is 4. The molecule has 1 rings (SSSR count). The molecule has 0 unspecified atom stereocenters. The zero-order chi connectivity index (χ0) is 14.6. The number of carbonyl (C=O) groups is 1. The van der Waals surface area contributed by atoms with E-state index in [2.05, 4.69) is 14.5 Å². The highest BCUT2D eigenvalue weighted by molar-refractivity contribution is 5.93. The summed E-state index contributed by atoms with van der Waals surface area (Å²) in [6, 6.07) is 0.496. The Balaban J connectivity index is 3.33. The van der Waals surface area contributed by atoms with Crippen molar-refractivity contribution in [1.29, 1.82) is 0 Å². The second kappa shape index (κ2) is 5.81. The maximum absolute atomic E-state index is 12.9. The van der Waals surface area contributed by atoms with Crippen molar-refractivity contribution in [1.82, 2.24) is 4.98 Å². The molecule has 0 aliphatic rings. The van der Waals surface area contributed by atoms with Crippen LogP contribution in [-0.4, -0.2) is 23.9 Å². The normalized spacial score (nSPS) is 11.3. The van der Waals surface area contributed by atoms with E-state index in [4.69, 9.17) is 0 Å². The third-order valence-corrected chi connectivity index (χ3v) is 1.87. The predicted octanol–water partition coefficient (Wildman–Crippen LogP) is 2.77. The number of carbonyl (C=O) groups excluding carboxylic acids is 1. The summed E-state index contributed by atoms with van der Waals surface area (Å²) in [6.07, 6.45) is -5.20. The standard InChI is InChI=1S/C10H8F5NO3/c1-2-18-9(17)7-5(4-11)3-6(12)16-8(7)19-10(13,14)15/h3H,2,4H2,1H3. The number of hydrogen-bond donors (Lipinski definition) is 0. The summed E-state index contributed by atoms with van der Waals surface area (Å²) < 4.78 is 69.8. The second-order valence-corrected chi connectivity index (χ2v) is 3.19. The van der Waals surface area contributed by atoms with Crippen molar-refractivity contribution in [2.45, 2.75) is 20.0 Å². The van der Waals surface area contributed by atoms with E-state index in [1.54, 1.807) is 0 Å². The SMILES string of the molecule is CCOC(=O)c1c(CF)cc(F)nc1OC(F)(F)F. The Morgan fingerprint density at radius 3 is 2.53 bits per heavy atom. The topological polar surface area (TPSA) is 48.4 Å². The van der Waals surface area contributed by atoms with Gasteiger partial charge in [0, 0.05) is 11.6 Å². The lowest BCUT2D eigenvalue weighted by molar-refractivity contribution is -0.276. The quantitative estimate of drug-likeness (QED) is 0.485. The van der Waals surface area contributed by atoms with Crippen LogP contribution in [0.5, 0.6) is 5.88 Å². The minimum Gasteiger partial charge on any atom is -0.462 e. The molecular formula is C10H8F5NO3. The molecule has 19 heavy (non-hydrogen) atoms. The van der Waals surface area contributed by atoms with Gasteiger partial charge in [-0.3, -0.25) is 0 Å². The lowest BCUT2D eigenvalue weighted by atomic mass is 10.1. The Morgan fingerprint density at radius 1 is 1.42 bits per heavy atom. The van der Waals surface area contributed by atoms with Crippen LogP contribution >= 0.6 is 0 Å². The number of nitrogens with zero attached hydrogens (tertiary/aromatic N) is 1. The highest BCUT2D eigenvalue weighted by atomic mass is 19.4. The summed E-state index contributed by atoms with van der Waals surface area (Å²) in [5, 5.41) is 0.